The predicted molar refractivity (Wildman–Crippen MR) is 111 cm³/mol. The van der Waals surface area contributed by atoms with E-state index in [9.17, 15) is 15.0 Å². The van der Waals surface area contributed by atoms with Crippen molar-refractivity contribution in [3.05, 3.63) is 54.1 Å². The Kier molecular flexibility index (Phi) is 7.80. The monoisotopic (exact) mass is 400 g/mol. The number of imidazole rings is 1. The fraction of sp³-hybridized carbons (Fsp3) is 0.545. The largest absolute Gasteiger partial charge is 0.388 e. The minimum atomic E-state index is -1.11. The normalized spacial score (nSPS) is 19.3. The molecule has 0 spiro atoms. The van der Waals surface area contributed by atoms with E-state index in [1.807, 2.05) is 18.2 Å². The number of hydrogen-bond acceptors (Lipinski definition) is 5. The Morgan fingerprint density at radius 1 is 1.21 bits per heavy atom. The van der Waals surface area contributed by atoms with Gasteiger partial charge in [0.2, 0.25) is 5.91 Å². The second-order valence-electron chi connectivity index (χ2n) is 8.09. The highest BCUT2D eigenvalue weighted by Gasteiger charge is 2.32. The minimum Gasteiger partial charge on any atom is -0.388 e. The molecule has 1 saturated carbocycles. The van der Waals surface area contributed by atoms with Crippen molar-refractivity contribution in [1.82, 2.24) is 15.3 Å². The first-order chi connectivity index (χ1) is 14.0. The van der Waals surface area contributed by atoms with Crippen molar-refractivity contribution in [1.29, 1.82) is 0 Å². The van der Waals surface area contributed by atoms with Crippen LogP contribution in [0.2, 0.25) is 0 Å². The molecule has 1 heterocycles. The van der Waals surface area contributed by atoms with Crippen LogP contribution in [0.3, 0.4) is 0 Å². The smallest absolute Gasteiger partial charge is 0.237 e. The van der Waals surface area contributed by atoms with Gasteiger partial charge in [-0.1, -0.05) is 62.4 Å². The van der Waals surface area contributed by atoms with Crippen molar-refractivity contribution in [2.45, 2.75) is 69.2 Å². The van der Waals surface area contributed by atoms with Crippen molar-refractivity contribution < 1.29 is 15.0 Å². The number of aromatic amines is 1. The first-order valence-electron chi connectivity index (χ1n) is 10.5. The molecule has 7 nitrogen and oxygen atoms in total. The number of nitrogens with two attached hydrogens (primary N) is 1. The maximum absolute atomic E-state index is 12.7. The van der Waals surface area contributed by atoms with Crippen LogP contribution in [-0.4, -0.2) is 44.3 Å². The molecule has 1 aliphatic rings. The van der Waals surface area contributed by atoms with E-state index in [4.69, 9.17) is 5.73 Å². The lowest BCUT2D eigenvalue weighted by Gasteiger charge is -2.33. The molecule has 1 aliphatic carbocycles. The second kappa shape index (κ2) is 10.5. The molecule has 4 atom stereocenters. The van der Waals surface area contributed by atoms with E-state index in [0.717, 1.165) is 18.5 Å². The van der Waals surface area contributed by atoms with Gasteiger partial charge in [0.1, 0.15) is 12.2 Å². The maximum Gasteiger partial charge on any atom is 0.237 e. The molecule has 1 amide bonds. The number of nitrogens with zero attached hydrogens (tertiary/aromatic N) is 1. The molecular formula is C22H32N4O3. The number of carbonyl (C=O) groups is 1. The van der Waals surface area contributed by atoms with Crippen LogP contribution in [0.15, 0.2) is 42.9 Å². The van der Waals surface area contributed by atoms with E-state index in [2.05, 4.69) is 15.3 Å². The summed E-state index contributed by atoms with van der Waals surface area (Å²) >= 11 is 0. The van der Waals surface area contributed by atoms with Gasteiger partial charge in [-0.25, -0.2) is 4.98 Å². The number of nitrogens with one attached hydrogen (secondary N) is 2. The van der Waals surface area contributed by atoms with E-state index in [1.165, 1.54) is 19.3 Å². The number of amides is 1. The molecule has 1 aromatic carbocycles. The van der Waals surface area contributed by atoms with Crippen LogP contribution < -0.4 is 11.1 Å². The SMILES string of the molecule is N[C@@H](Cc1cnc[nH]1)C(=O)N[C@@H](CC1CCCCC1)[C@@H](O)[C@H](O)c1ccccc1. The molecule has 29 heavy (non-hydrogen) atoms. The summed E-state index contributed by atoms with van der Waals surface area (Å²) in [5.74, 6) is 0.0928. The fourth-order valence-corrected chi connectivity index (χ4v) is 4.15. The molecule has 7 heteroatoms. The van der Waals surface area contributed by atoms with Crippen molar-refractivity contribution in [3.8, 4) is 0 Å². The number of H-pyrrole nitrogens is 1. The molecule has 6 N–H and O–H groups in total. The number of rotatable bonds is 9. The molecule has 0 bridgehead atoms. The Balaban J connectivity index is 1.68. The molecule has 3 rings (SSSR count). The number of hydrogen-bond donors (Lipinski definition) is 5. The van der Waals surface area contributed by atoms with Crippen molar-refractivity contribution >= 4 is 5.91 Å². The Morgan fingerprint density at radius 2 is 1.93 bits per heavy atom. The van der Waals surface area contributed by atoms with Gasteiger partial charge in [-0.3, -0.25) is 4.79 Å². The van der Waals surface area contributed by atoms with Gasteiger partial charge < -0.3 is 26.2 Å². The lowest BCUT2D eigenvalue weighted by Crippen LogP contribution is -2.52. The van der Waals surface area contributed by atoms with Gasteiger partial charge in [0.25, 0.3) is 0 Å². The van der Waals surface area contributed by atoms with Crippen LogP contribution in [0, 0.1) is 5.92 Å². The van der Waals surface area contributed by atoms with Crippen LogP contribution in [0.1, 0.15) is 55.9 Å². The summed E-state index contributed by atoms with van der Waals surface area (Å²) in [6, 6.07) is 7.73. The quantitative estimate of drug-likeness (QED) is 0.439. The average Bonchev–Trinajstić information content (AvgIpc) is 3.26. The number of benzene rings is 1. The van der Waals surface area contributed by atoms with Crippen molar-refractivity contribution in [2.75, 3.05) is 0 Å². The van der Waals surface area contributed by atoms with Gasteiger partial charge in [-0.15, -0.1) is 0 Å². The third-order valence-corrected chi connectivity index (χ3v) is 5.85. The first-order valence-corrected chi connectivity index (χ1v) is 10.5. The van der Waals surface area contributed by atoms with Crippen LogP contribution >= 0.6 is 0 Å². The molecule has 2 aromatic rings. The highest BCUT2D eigenvalue weighted by atomic mass is 16.3. The van der Waals surface area contributed by atoms with Crippen molar-refractivity contribution in [2.24, 2.45) is 11.7 Å². The van der Waals surface area contributed by atoms with Gasteiger partial charge in [-0.2, -0.15) is 0 Å². The molecular weight excluding hydrogens is 368 g/mol. The number of carbonyl (C=O) groups excluding carboxylic acids is 1. The summed E-state index contributed by atoms with van der Waals surface area (Å²) in [7, 11) is 0. The summed E-state index contributed by atoms with van der Waals surface area (Å²) < 4.78 is 0. The van der Waals surface area contributed by atoms with E-state index in [0.29, 0.717) is 24.3 Å². The summed E-state index contributed by atoms with van der Waals surface area (Å²) in [5, 5.41) is 24.5. The Hall–Kier alpha value is -2.22. The topological polar surface area (TPSA) is 124 Å². The first kappa shape index (κ1) is 21.5. The Labute approximate surface area is 171 Å². The molecule has 1 aromatic heterocycles. The lowest BCUT2D eigenvalue weighted by molar-refractivity contribution is -0.125. The molecule has 158 valence electrons. The zero-order valence-electron chi connectivity index (χ0n) is 16.7. The third-order valence-electron chi connectivity index (χ3n) is 5.85. The van der Waals surface area contributed by atoms with Gasteiger partial charge >= 0.3 is 0 Å². The van der Waals surface area contributed by atoms with E-state index in [1.54, 1.807) is 24.7 Å². The predicted octanol–water partition coefficient (Wildman–Crippen LogP) is 1.83. The van der Waals surface area contributed by atoms with E-state index in [-0.39, 0.29) is 5.91 Å². The van der Waals surface area contributed by atoms with Crippen LogP contribution in [0.4, 0.5) is 0 Å². The molecule has 0 radical (unpaired) electrons. The lowest BCUT2D eigenvalue weighted by atomic mass is 9.82. The molecule has 0 unspecified atom stereocenters. The molecule has 0 saturated heterocycles. The Morgan fingerprint density at radius 3 is 2.59 bits per heavy atom. The van der Waals surface area contributed by atoms with Crippen LogP contribution in [0.5, 0.6) is 0 Å². The zero-order chi connectivity index (χ0) is 20.6. The van der Waals surface area contributed by atoms with Gasteiger partial charge in [-0.05, 0) is 17.9 Å². The minimum absolute atomic E-state index is 0.333. The van der Waals surface area contributed by atoms with Crippen LogP contribution in [-0.2, 0) is 11.2 Å². The summed E-state index contributed by atoms with van der Waals surface area (Å²) in [6.07, 6.45) is 7.71. The standard InChI is InChI=1S/C22H32N4O3/c23-18(12-17-13-24-14-25-17)22(29)26-19(11-15-7-3-1-4-8-15)21(28)20(27)16-9-5-2-6-10-16/h2,5-6,9-10,13-15,18-21,27-28H,1,3-4,7-8,11-12,23H2,(H,24,25)(H,26,29)/t18-,19-,20+,21+/m0/s1. The summed E-state index contributed by atoms with van der Waals surface area (Å²) in [4.78, 5) is 19.6. The van der Waals surface area contributed by atoms with E-state index >= 15 is 0 Å². The maximum atomic E-state index is 12.7. The second-order valence-corrected chi connectivity index (χ2v) is 8.09. The molecule has 0 aliphatic heterocycles. The fourth-order valence-electron chi connectivity index (χ4n) is 4.15. The van der Waals surface area contributed by atoms with E-state index < -0.39 is 24.3 Å². The van der Waals surface area contributed by atoms with Gasteiger partial charge in [0, 0.05) is 18.3 Å². The summed E-state index contributed by atoms with van der Waals surface area (Å²) in [6.45, 7) is 0. The highest BCUT2D eigenvalue weighted by Crippen LogP contribution is 2.30. The van der Waals surface area contributed by atoms with Gasteiger partial charge in [0.15, 0.2) is 0 Å². The Bertz CT molecular complexity index is 732. The highest BCUT2D eigenvalue weighted by molar-refractivity contribution is 5.82. The van der Waals surface area contributed by atoms with Crippen LogP contribution in [0.25, 0.3) is 0 Å². The number of aliphatic hydroxyl groups excluding tert-OH is 2. The number of aliphatic hydroxyl groups is 2. The zero-order valence-corrected chi connectivity index (χ0v) is 16.7. The average molecular weight is 401 g/mol. The summed E-state index contributed by atoms with van der Waals surface area (Å²) in [5.41, 5.74) is 7.48. The van der Waals surface area contributed by atoms with Crippen molar-refractivity contribution in [3.63, 3.8) is 0 Å². The third kappa shape index (κ3) is 6.13. The number of aromatic nitrogens is 2. The van der Waals surface area contributed by atoms with Gasteiger partial charge in [0.05, 0.1) is 18.4 Å². The molecule has 1 fully saturated rings.